The van der Waals surface area contributed by atoms with Gasteiger partial charge >= 0.3 is 0 Å². The van der Waals surface area contributed by atoms with Crippen molar-refractivity contribution in [2.75, 3.05) is 0 Å². The van der Waals surface area contributed by atoms with Crippen LogP contribution in [0.5, 0.6) is 11.5 Å². The lowest BCUT2D eigenvalue weighted by molar-refractivity contribution is 0.0996. The Labute approximate surface area is 117 Å². The molecule has 0 aliphatic carbocycles. The Hall–Kier alpha value is -2.96. The summed E-state index contributed by atoms with van der Waals surface area (Å²) in [4.78, 5) is 15.0. The average Bonchev–Trinajstić information content (AvgIpc) is 2.91. The molecular formula is C14H9F2N3O2. The highest BCUT2D eigenvalue weighted by Crippen LogP contribution is 2.29. The van der Waals surface area contributed by atoms with Gasteiger partial charge in [-0.1, -0.05) is 0 Å². The molecule has 3 rings (SSSR count). The number of hydrogen-bond donors (Lipinski definition) is 1. The molecule has 2 heterocycles. The van der Waals surface area contributed by atoms with E-state index in [4.69, 9.17) is 10.5 Å². The van der Waals surface area contributed by atoms with Gasteiger partial charge in [-0.05, 0) is 18.2 Å². The van der Waals surface area contributed by atoms with Crippen LogP contribution in [0.25, 0.3) is 5.65 Å². The highest BCUT2D eigenvalue weighted by Gasteiger charge is 2.16. The first kappa shape index (κ1) is 13.0. The second-order valence-corrected chi connectivity index (χ2v) is 4.26. The minimum absolute atomic E-state index is 0.257. The van der Waals surface area contributed by atoms with Crippen LogP contribution in [-0.4, -0.2) is 15.3 Å². The summed E-state index contributed by atoms with van der Waals surface area (Å²) in [5.41, 5.74) is 4.87. The lowest BCUT2D eigenvalue weighted by atomic mass is 10.2. The number of carbonyl (C=O) groups is 1. The molecule has 1 aromatic carbocycles. The molecule has 0 atom stereocenters. The number of rotatable bonds is 3. The van der Waals surface area contributed by atoms with Crippen LogP contribution in [0.3, 0.4) is 0 Å². The first-order valence-electron chi connectivity index (χ1n) is 5.94. The van der Waals surface area contributed by atoms with Gasteiger partial charge in [0, 0.05) is 24.7 Å². The van der Waals surface area contributed by atoms with Crippen molar-refractivity contribution in [3.8, 4) is 11.5 Å². The van der Waals surface area contributed by atoms with Gasteiger partial charge in [-0.3, -0.25) is 4.79 Å². The maximum atomic E-state index is 13.9. The number of primary amides is 1. The van der Waals surface area contributed by atoms with Gasteiger partial charge in [-0.25, -0.2) is 13.8 Å². The fourth-order valence-corrected chi connectivity index (χ4v) is 1.92. The second kappa shape index (κ2) is 4.86. The van der Waals surface area contributed by atoms with E-state index in [1.807, 2.05) is 0 Å². The Morgan fingerprint density at radius 2 is 2.00 bits per heavy atom. The number of pyridine rings is 1. The standard InChI is InChI=1S/C14H9F2N3O2/c15-9-7-12(10(16)6-8(9)13(17)20)21-11-2-1-4-19-5-3-18-14(11)19/h1-7H,(H2,17,20). The predicted octanol–water partition coefficient (Wildman–Crippen LogP) is 2.50. The Morgan fingerprint density at radius 3 is 2.76 bits per heavy atom. The summed E-state index contributed by atoms with van der Waals surface area (Å²) >= 11 is 0. The molecule has 5 nitrogen and oxygen atoms in total. The van der Waals surface area contributed by atoms with Gasteiger partial charge in [0.1, 0.15) is 5.82 Å². The van der Waals surface area contributed by atoms with Crippen LogP contribution in [0.4, 0.5) is 8.78 Å². The third kappa shape index (κ3) is 2.29. The monoisotopic (exact) mass is 289 g/mol. The van der Waals surface area contributed by atoms with Crippen molar-refractivity contribution in [3.05, 3.63) is 60.1 Å². The maximum Gasteiger partial charge on any atom is 0.251 e. The quantitative estimate of drug-likeness (QED) is 0.805. The smallest absolute Gasteiger partial charge is 0.251 e. The first-order valence-corrected chi connectivity index (χ1v) is 5.94. The number of nitrogens with two attached hydrogens (primary N) is 1. The molecule has 2 N–H and O–H groups in total. The number of hydrogen-bond acceptors (Lipinski definition) is 3. The molecule has 21 heavy (non-hydrogen) atoms. The first-order chi connectivity index (χ1) is 10.1. The van der Waals surface area contributed by atoms with Gasteiger partial charge in [0.25, 0.3) is 5.91 Å². The molecule has 0 radical (unpaired) electrons. The summed E-state index contributed by atoms with van der Waals surface area (Å²) in [6.07, 6.45) is 4.98. The van der Waals surface area contributed by atoms with Gasteiger partial charge in [-0.2, -0.15) is 0 Å². The minimum atomic E-state index is -1.05. The van der Waals surface area contributed by atoms with E-state index in [2.05, 4.69) is 4.98 Å². The molecule has 0 spiro atoms. The van der Waals surface area contributed by atoms with Crippen LogP contribution in [0.2, 0.25) is 0 Å². The van der Waals surface area contributed by atoms with Gasteiger partial charge in [0.2, 0.25) is 0 Å². The molecular weight excluding hydrogens is 280 g/mol. The van der Waals surface area contributed by atoms with Crippen LogP contribution in [0, 0.1) is 11.6 Å². The molecule has 0 aliphatic heterocycles. The number of nitrogens with zero attached hydrogens (tertiary/aromatic N) is 2. The number of ether oxygens (including phenoxy) is 1. The second-order valence-electron chi connectivity index (χ2n) is 4.26. The van der Waals surface area contributed by atoms with Crippen molar-refractivity contribution >= 4 is 11.6 Å². The third-order valence-corrected chi connectivity index (χ3v) is 2.89. The SMILES string of the molecule is NC(=O)c1cc(F)c(Oc2cccn3ccnc23)cc1F. The summed E-state index contributed by atoms with van der Waals surface area (Å²) < 4.78 is 34.6. The van der Waals surface area contributed by atoms with Crippen molar-refractivity contribution in [3.63, 3.8) is 0 Å². The molecule has 0 bridgehead atoms. The van der Waals surface area contributed by atoms with Crippen LogP contribution >= 0.6 is 0 Å². The summed E-state index contributed by atoms with van der Waals surface area (Å²) in [6.45, 7) is 0. The molecule has 0 fully saturated rings. The lowest BCUT2D eigenvalue weighted by Gasteiger charge is -2.09. The van der Waals surface area contributed by atoms with E-state index < -0.39 is 23.1 Å². The number of amides is 1. The van der Waals surface area contributed by atoms with Crippen molar-refractivity contribution in [2.45, 2.75) is 0 Å². The molecule has 0 unspecified atom stereocenters. The number of benzene rings is 1. The van der Waals surface area contributed by atoms with E-state index in [0.29, 0.717) is 11.7 Å². The Bertz CT molecular complexity index is 845. The average molecular weight is 289 g/mol. The third-order valence-electron chi connectivity index (χ3n) is 2.89. The van der Waals surface area contributed by atoms with Crippen molar-refractivity contribution in [1.29, 1.82) is 0 Å². The van der Waals surface area contributed by atoms with Crippen LogP contribution in [0.1, 0.15) is 10.4 Å². The van der Waals surface area contributed by atoms with E-state index in [1.54, 1.807) is 35.1 Å². The fourth-order valence-electron chi connectivity index (χ4n) is 1.92. The molecule has 0 saturated heterocycles. The fraction of sp³-hybridized carbons (Fsp3) is 0. The van der Waals surface area contributed by atoms with Crippen molar-refractivity contribution in [2.24, 2.45) is 5.73 Å². The zero-order valence-corrected chi connectivity index (χ0v) is 10.6. The minimum Gasteiger partial charge on any atom is -0.450 e. The molecule has 3 aromatic rings. The number of halogens is 2. The summed E-state index contributed by atoms with van der Waals surface area (Å²) in [5, 5.41) is 0. The molecule has 106 valence electrons. The van der Waals surface area contributed by atoms with Gasteiger partial charge in [-0.15, -0.1) is 0 Å². The molecule has 0 saturated carbocycles. The normalized spacial score (nSPS) is 10.8. The van der Waals surface area contributed by atoms with Crippen molar-refractivity contribution < 1.29 is 18.3 Å². The summed E-state index contributed by atoms with van der Waals surface area (Å²) in [6, 6.07) is 4.73. The van der Waals surface area contributed by atoms with Gasteiger partial charge in [0.05, 0.1) is 5.56 Å². The lowest BCUT2D eigenvalue weighted by Crippen LogP contribution is -2.13. The Balaban J connectivity index is 2.04. The maximum absolute atomic E-state index is 13.9. The van der Waals surface area contributed by atoms with Crippen LogP contribution in [-0.2, 0) is 0 Å². The Morgan fingerprint density at radius 1 is 1.19 bits per heavy atom. The summed E-state index contributed by atoms with van der Waals surface area (Å²) in [5.74, 6) is -2.98. The number of aromatic nitrogens is 2. The molecule has 2 aromatic heterocycles. The predicted molar refractivity (Wildman–Crippen MR) is 70.1 cm³/mol. The van der Waals surface area contributed by atoms with Crippen LogP contribution in [0.15, 0.2) is 42.9 Å². The number of imidazole rings is 1. The molecule has 1 amide bonds. The highest BCUT2D eigenvalue weighted by atomic mass is 19.1. The van der Waals surface area contributed by atoms with E-state index in [0.717, 1.165) is 6.07 Å². The Kier molecular flexibility index (Phi) is 3.02. The molecule has 0 aliphatic rings. The largest absolute Gasteiger partial charge is 0.450 e. The zero-order chi connectivity index (χ0) is 15.0. The van der Waals surface area contributed by atoms with Gasteiger partial charge in [0.15, 0.2) is 23.0 Å². The van der Waals surface area contributed by atoms with E-state index in [-0.39, 0.29) is 11.5 Å². The summed E-state index contributed by atoms with van der Waals surface area (Å²) in [7, 11) is 0. The highest BCUT2D eigenvalue weighted by molar-refractivity contribution is 5.93. The van der Waals surface area contributed by atoms with Crippen molar-refractivity contribution in [1.82, 2.24) is 9.38 Å². The number of fused-ring (bicyclic) bond motifs is 1. The molecule has 7 heteroatoms. The van der Waals surface area contributed by atoms with Crippen LogP contribution < -0.4 is 10.5 Å². The topological polar surface area (TPSA) is 69.6 Å². The van der Waals surface area contributed by atoms with E-state index >= 15 is 0 Å². The van der Waals surface area contributed by atoms with Gasteiger partial charge < -0.3 is 14.9 Å². The van der Waals surface area contributed by atoms with E-state index in [9.17, 15) is 13.6 Å². The zero-order valence-electron chi connectivity index (χ0n) is 10.6. The van der Waals surface area contributed by atoms with E-state index in [1.165, 1.54) is 0 Å². The number of carbonyl (C=O) groups excluding carboxylic acids is 1.